The zero-order valence-corrected chi connectivity index (χ0v) is 12.3. The standard InChI is InChI=1S/C12H18N4O.2ClH/c13-6-8-2-1-3-16(8)12(17)11-7-4-9(14)10(5-7)15-11;;/h7-11,15H,1-5,14H2;2*1H/t7-,8+,9-,10-,11+;;/m1../s1. The number of piperidine rings is 1. The lowest BCUT2D eigenvalue weighted by molar-refractivity contribution is -0.134. The molecule has 0 aromatic carbocycles. The Morgan fingerprint density at radius 1 is 1.37 bits per heavy atom. The molecule has 0 aromatic rings. The molecule has 1 saturated carbocycles. The van der Waals surface area contributed by atoms with Gasteiger partial charge in [-0.25, -0.2) is 0 Å². The molecule has 5 atom stereocenters. The SMILES string of the molecule is Cl.Cl.N#C[C@@H]1CCCN1C(=O)[C@H]1N[C@@H]2C[C@H]1C[C@H]2N. The van der Waals surface area contributed by atoms with Crippen LogP contribution in [0.1, 0.15) is 25.7 Å². The molecular formula is C12H20Cl2N4O. The van der Waals surface area contributed by atoms with Crippen LogP contribution in [0.15, 0.2) is 0 Å². The van der Waals surface area contributed by atoms with E-state index in [2.05, 4.69) is 11.4 Å². The Balaban J connectivity index is 0.000000902. The number of likely N-dealkylation sites (tertiary alicyclic amines) is 1. The van der Waals surface area contributed by atoms with Crippen LogP contribution >= 0.6 is 24.8 Å². The van der Waals surface area contributed by atoms with Crippen molar-refractivity contribution in [2.24, 2.45) is 11.7 Å². The maximum Gasteiger partial charge on any atom is 0.241 e. The minimum atomic E-state index is -0.211. The van der Waals surface area contributed by atoms with Gasteiger partial charge in [-0.1, -0.05) is 0 Å². The fraction of sp³-hybridized carbons (Fsp3) is 0.833. The zero-order chi connectivity index (χ0) is 12.0. The van der Waals surface area contributed by atoms with Crippen molar-refractivity contribution in [2.45, 2.75) is 49.9 Å². The van der Waals surface area contributed by atoms with E-state index >= 15 is 0 Å². The lowest BCUT2D eigenvalue weighted by atomic mass is 9.97. The van der Waals surface area contributed by atoms with Crippen LogP contribution in [-0.2, 0) is 4.79 Å². The van der Waals surface area contributed by atoms with E-state index in [-0.39, 0.29) is 48.8 Å². The van der Waals surface area contributed by atoms with E-state index in [1.807, 2.05) is 0 Å². The Morgan fingerprint density at radius 2 is 2.11 bits per heavy atom. The van der Waals surface area contributed by atoms with Gasteiger partial charge in [-0.05, 0) is 31.6 Å². The minimum Gasteiger partial charge on any atom is -0.326 e. The van der Waals surface area contributed by atoms with Crippen LogP contribution in [0, 0.1) is 17.2 Å². The number of nitrogens with one attached hydrogen (secondary N) is 1. The van der Waals surface area contributed by atoms with Gasteiger partial charge in [-0.3, -0.25) is 4.79 Å². The second kappa shape index (κ2) is 6.27. The van der Waals surface area contributed by atoms with E-state index in [0.29, 0.717) is 12.0 Å². The van der Waals surface area contributed by atoms with Crippen molar-refractivity contribution in [1.29, 1.82) is 5.26 Å². The van der Waals surface area contributed by atoms with Gasteiger partial charge in [-0.15, -0.1) is 24.8 Å². The van der Waals surface area contributed by atoms with Crippen molar-refractivity contribution in [3.63, 3.8) is 0 Å². The summed E-state index contributed by atoms with van der Waals surface area (Å²) in [6.45, 7) is 0.735. The van der Waals surface area contributed by atoms with Crippen molar-refractivity contribution in [1.82, 2.24) is 10.2 Å². The number of nitrogens with zero attached hydrogens (tertiary/aromatic N) is 2. The highest BCUT2D eigenvalue weighted by Crippen LogP contribution is 2.36. The molecule has 1 amide bonds. The number of rotatable bonds is 1. The monoisotopic (exact) mass is 306 g/mol. The molecule has 3 aliphatic rings. The predicted molar refractivity (Wildman–Crippen MR) is 76.3 cm³/mol. The summed E-state index contributed by atoms with van der Waals surface area (Å²) < 4.78 is 0. The fourth-order valence-corrected chi connectivity index (χ4v) is 3.56. The molecule has 2 bridgehead atoms. The topological polar surface area (TPSA) is 82.2 Å². The molecule has 1 aliphatic carbocycles. The van der Waals surface area contributed by atoms with Gasteiger partial charge in [0.2, 0.25) is 5.91 Å². The first-order chi connectivity index (χ1) is 8.20. The molecule has 2 aliphatic heterocycles. The van der Waals surface area contributed by atoms with E-state index in [9.17, 15) is 4.79 Å². The molecule has 2 saturated heterocycles. The number of carbonyl (C=O) groups excluding carboxylic acids is 1. The first-order valence-corrected chi connectivity index (χ1v) is 6.42. The summed E-state index contributed by atoms with van der Waals surface area (Å²) in [6.07, 6.45) is 3.73. The van der Waals surface area contributed by atoms with Crippen molar-refractivity contribution in [3.05, 3.63) is 0 Å². The van der Waals surface area contributed by atoms with Crippen molar-refractivity contribution in [3.8, 4) is 6.07 Å². The maximum absolute atomic E-state index is 12.4. The number of halogens is 2. The molecule has 5 nitrogen and oxygen atoms in total. The fourth-order valence-electron chi connectivity index (χ4n) is 3.56. The van der Waals surface area contributed by atoms with Gasteiger partial charge in [0, 0.05) is 18.6 Å². The lowest BCUT2D eigenvalue weighted by Crippen LogP contribution is -2.55. The maximum atomic E-state index is 12.4. The number of hydrogen-bond donors (Lipinski definition) is 2. The van der Waals surface area contributed by atoms with E-state index < -0.39 is 0 Å². The Bertz CT molecular complexity index is 384. The van der Waals surface area contributed by atoms with Crippen molar-refractivity contribution < 1.29 is 4.79 Å². The summed E-state index contributed by atoms with van der Waals surface area (Å²) in [6, 6.07) is 2.43. The summed E-state index contributed by atoms with van der Waals surface area (Å²) in [5, 5.41) is 12.4. The molecule has 3 rings (SSSR count). The summed E-state index contributed by atoms with van der Waals surface area (Å²) in [5.41, 5.74) is 5.95. The van der Waals surface area contributed by atoms with Gasteiger partial charge in [0.15, 0.2) is 0 Å². The van der Waals surface area contributed by atoms with E-state index in [0.717, 1.165) is 32.2 Å². The molecule has 0 unspecified atom stereocenters. The molecular weight excluding hydrogens is 287 g/mol. The van der Waals surface area contributed by atoms with Gasteiger partial charge < -0.3 is 16.0 Å². The highest BCUT2D eigenvalue weighted by atomic mass is 35.5. The summed E-state index contributed by atoms with van der Waals surface area (Å²) in [5.74, 6) is 0.496. The number of nitrogens with two attached hydrogens (primary N) is 1. The van der Waals surface area contributed by atoms with Crippen LogP contribution in [0.25, 0.3) is 0 Å². The van der Waals surface area contributed by atoms with Gasteiger partial charge in [-0.2, -0.15) is 5.26 Å². The lowest BCUT2D eigenvalue weighted by Gasteiger charge is -2.30. The van der Waals surface area contributed by atoms with Gasteiger partial charge in [0.1, 0.15) is 6.04 Å². The smallest absolute Gasteiger partial charge is 0.241 e. The Labute approximate surface area is 125 Å². The van der Waals surface area contributed by atoms with Crippen LogP contribution in [0.3, 0.4) is 0 Å². The minimum absolute atomic E-state index is 0. The van der Waals surface area contributed by atoms with E-state index in [1.54, 1.807) is 4.90 Å². The van der Waals surface area contributed by atoms with Crippen LogP contribution in [0.2, 0.25) is 0 Å². The molecule has 2 heterocycles. The van der Waals surface area contributed by atoms with E-state index in [4.69, 9.17) is 11.0 Å². The average Bonchev–Trinajstić information content (AvgIpc) is 3.01. The molecule has 0 spiro atoms. The number of hydrogen-bond acceptors (Lipinski definition) is 4. The molecule has 108 valence electrons. The highest BCUT2D eigenvalue weighted by molar-refractivity contribution is 5.85. The predicted octanol–water partition coefficient (Wildman–Crippen LogP) is 0.422. The second-order valence-corrected chi connectivity index (χ2v) is 5.46. The molecule has 0 aromatic heterocycles. The second-order valence-electron chi connectivity index (χ2n) is 5.46. The first-order valence-electron chi connectivity index (χ1n) is 6.42. The third kappa shape index (κ3) is 2.68. The molecule has 7 heteroatoms. The molecule has 3 fully saturated rings. The summed E-state index contributed by atoms with van der Waals surface area (Å²) >= 11 is 0. The van der Waals surface area contributed by atoms with Crippen molar-refractivity contribution >= 4 is 30.7 Å². The number of nitriles is 1. The van der Waals surface area contributed by atoms with Crippen LogP contribution in [0.4, 0.5) is 0 Å². The average molecular weight is 307 g/mol. The van der Waals surface area contributed by atoms with Crippen LogP contribution in [0.5, 0.6) is 0 Å². The van der Waals surface area contributed by atoms with Gasteiger partial charge in [0.05, 0.1) is 12.1 Å². The number of amides is 1. The Kier molecular flexibility index (Phi) is 5.45. The normalized spacial score (nSPS) is 39.4. The summed E-state index contributed by atoms with van der Waals surface area (Å²) in [7, 11) is 0. The molecule has 19 heavy (non-hydrogen) atoms. The number of fused-ring (bicyclic) bond motifs is 2. The molecule has 3 N–H and O–H groups in total. The van der Waals surface area contributed by atoms with Gasteiger partial charge >= 0.3 is 0 Å². The summed E-state index contributed by atoms with van der Waals surface area (Å²) in [4.78, 5) is 14.1. The van der Waals surface area contributed by atoms with Gasteiger partial charge in [0.25, 0.3) is 0 Å². The Hall–Kier alpha value is -0.540. The molecule has 0 radical (unpaired) electrons. The van der Waals surface area contributed by atoms with Crippen molar-refractivity contribution in [2.75, 3.05) is 6.54 Å². The highest BCUT2D eigenvalue weighted by Gasteiger charge is 2.49. The third-order valence-electron chi connectivity index (χ3n) is 4.46. The van der Waals surface area contributed by atoms with Crippen LogP contribution in [-0.4, -0.2) is 41.5 Å². The Morgan fingerprint density at radius 3 is 2.63 bits per heavy atom. The third-order valence-corrected chi connectivity index (χ3v) is 4.46. The van der Waals surface area contributed by atoms with Crippen LogP contribution < -0.4 is 11.1 Å². The number of carbonyl (C=O) groups is 1. The quantitative estimate of drug-likeness (QED) is 0.736. The largest absolute Gasteiger partial charge is 0.326 e. The van der Waals surface area contributed by atoms with E-state index in [1.165, 1.54) is 0 Å². The first kappa shape index (κ1) is 16.5. The zero-order valence-electron chi connectivity index (χ0n) is 10.6.